The first kappa shape index (κ1) is 29.4. The highest BCUT2D eigenvalue weighted by atomic mass is 35.5. The van der Waals surface area contributed by atoms with Gasteiger partial charge in [-0.15, -0.1) is 11.6 Å². The number of hydrogen-bond donors (Lipinski definition) is 0. The molecule has 0 aliphatic carbocycles. The van der Waals surface area contributed by atoms with Crippen LogP contribution in [0.5, 0.6) is 0 Å². The van der Waals surface area contributed by atoms with E-state index in [-0.39, 0.29) is 4.90 Å². The normalized spacial score (nSPS) is 11.8. The van der Waals surface area contributed by atoms with Crippen molar-refractivity contribution in [2.45, 2.75) is 89.4 Å². The minimum atomic E-state index is -4.27. The molecule has 0 aliphatic rings. The van der Waals surface area contributed by atoms with Gasteiger partial charge in [0.2, 0.25) is 0 Å². The SMILES string of the molecule is CCCCCCCCCCC[N+](C)(C)CCCCCl.Cc1ccc(S(=O)(=O)[O-])cc1. The fourth-order valence-electron chi connectivity index (χ4n) is 3.30. The van der Waals surface area contributed by atoms with Gasteiger partial charge in [-0.2, -0.15) is 0 Å². The molecule has 1 aromatic carbocycles. The molecule has 0 N–H and O–H groups in total. The van der Waals surface area contributed by atoms with Gasteiger partial charge in [0.1, 0.15) is 10.1 Å². The van der Waals surface area contributed by atoms with Gasteiger partial charge in [0, 0.05) is 5.88 Å². The Morgan fingerprint density at radius 1 is 0.800 bits per heavy atom. The molecule has 0 radical (unpaired) electrons. The van der Waals surface area contributed by atoms with Crippen molar-refractivity contribution in [3.8, 4) is 0 Å². The van der Waals surface area contributed by atoms with Crippen molar-refractivity contribution in [2.24, 2.45) is 0 Å². The monoisotopic (exact) mass is 461 g/mol. The number of halogens is 1. The van der Waals surface area contributed by atoms with E-state index in [0.717, 1.165) is 11.4 Å². The van der Waals surface area contributed by atoms with Crippen LogP contribution in [-0.2, 0) is 10.1 Å². The van der Waals surface area contributed by atoms with Crippen LogP contribution in [0.1, 0.15) is 83.1 Å². The van der Waals surface area contributed by atoms with Crippen molar-refractivity contribution in [3.05, 3.63) is 29.8 Å². The zero-order chi connectivity index (χ0) is 22.9. The fourth-order valence-corrected chi connectivity index (χ4v) is 3.96. The zero-order valence-corrected chi connectivity index (χ0v) is 21.2. The second-order valence-corrected chi connectivity index (χ2v) is 10.6. The molecule has 0 unspecified atom stereocenters. The van der Waals surface area contributed by atoms with E-state index < -0.39 is 10.1 Å². The Morgan fingerprint density at radius 2 is 1.23 bits per heavy atom. The second-order valence-electron chi connectivity index (χ2n) is 8.87. The summed E-state index contributed by atoms with van der Waals surface area (Å²) in [5, 5.41) is 0. The summed E-state index contributed by atoms with van der Waals surface area (Å²) in [5.74, 6) is 0.817. The van der Waals surface area contributed by atoms with E-state index in [1.807, 2.05) is 6.92 Å². The lowest BCUT2D eigenvalue weighted by molar-refractivity contribution is -0.890. The van der Waals surface area contributed by atoms with Gasteiger partial charge in [-0.1, -0.05) is 69.6 Å². The summed E-state index contributed by atoms with van der Waals surface area (Å²) in [4.78, 5) is -0.178. The fraction of sp³-hybridized carbons (Fsp3) is 0.750. The summed E-state index contributed by atoms with van der Waals surface area (Å²) in [6.07, 6.45) is 15.3. The van der Waals surface area contributed by atoms with E-state index >= 15 is 0 Å². The lowest BCUT2D eigenvalue weighted by Gasteiger charge is -2.29. The summed E-state index contributed by atoms with van der Waals surface area (Å²) in [6, 6.07) is 5.78. The van der Waals surface area contributed by atoms with Crippen LogP contribution >= 0.6 is 11.6 Å². The molecule has 0 heterocycles. The number of alkyl halides is 1. The standard InChI is InChI=1S/C17H37ClN.C7H8O3S/c1-4-5-6-7-8-9-10-11-13-16-19(2,3)17-14-12-15-18;1-6-2-4-7(5-3-6)11(8,9)10/h4-17H2,1-3H3;2-5H,1H3,(H,8,9,10)/q+1;/p-1. The number of quaternary nitrogens is 1. The number of nitrogens with zero attached hydrogens (tertiary/aromatic N) is 1. The first-order chi connectivity index (χ1) is 14.1. The average molecular weight is 462 g/mol. The number of hydrogen-bond acceptors (Lipinski definition) is 3. The van der Waals surface area contributed by atoms with Crippen LogP contribution in [0.2, 0.25) is 0 Å². The maximum Gasteiger partial charge on any atom is 0.124 e. The van der Waals surface area contributed by atoms with Crippen LogP contribution in [0.15, 0.2) is 29.2 Å². The van der Waals surface area contributed by atoms with Gasteiger partial charge in [0.15, 0.2) is 0 Å². The van der Waals surface area contributed by atoms with Crippen LogP contribution in [0, 0.1) is 6.92 Å². The Balaban J connectivity index is 0.000000642. The Bertz CT molecular complexity index is 630. The van der Waals surface area contributed by atoms with E-state index in [2.05, 4.69) is 21.0 Å². The molecule has 0 aromatic heterocycles. The van der Waals surface area contributed by atoms with Crippen molar-refractivity contribution < 1.29 is 17.5 Å². The molecule has 0 aliphatic heterocycles. The molecule has 1 aromatic rings. The lowest BCUT2D eigenvalue weighted by Crippen LogP contribution is -2.41. The Hall–Kier alpha value is -0.620. The van der Waals surface area contributed by atoms with Gasteiger partial charge in [0.05, 0.1) is 32.1 Å². The number of benzene rings is 1. The lowest BCUT2D eigenvalue weighted by atomic mass is 10.1. The summed E-state index contributed by atoms with van der Waals surface area (Å²) < 4.78 is 32.3. The van der Waals surface area contributed by atoms with Crippen molar-refractivity contribution in [2.75, 3.05) is 33.1 Å². The molecule has 4 nitrogen and oxygen atoms in total. The van der Waals surface area contributed by atoms with Crippen molar-refractivity contribution in [3.63, 3.8) is 0 Å². The van der Waals surface area contributed by atoms with Crippen LogP contribution in [0.25, 0.3) is 0 Å². The van der Waals surface area contributed by atoms with Crippen LogP contribution in [0.4, 0.5) is 0 Å². The molecule has 0 saturated heterocycles. The largest absolute Gasteiger partial charge is 0.744 e. The van der Waals surface area contributed by atoms with Gasteiger partial charge in [-0.25, -0.2) is 8.42 Å². The molecule has 30 heavy (non-hydrogen) atoms. The highest BCUT2D eigenvalue weighted by Gasteiger charge is 2.13. The number of unbranched alkanes of at least 4 members (excludes halogenated alkanes) is 9. The Kier molecular flexibility index (Phi) is 16.6. The summed E-state index contributed by atoms with van der Waals surface area (Å²) >= 11 is 5.73. The first-order valence-corrected chi connectivity index (χ1v) is 13.5. The third-order valence-electron chi connectivity index (χ3n) is 5.32. The van der Waals surface area contributed by atoms with E-state index in [1.165, 1.54) is 100 Å². The number of aryl methyl sites for hydroxylation is 1. The Morgan fingerprint density at radius 3 is 1.67 bits per heavy atom. The van der Waals surface area contributed by atoms with Gasteiger partial charge >= 0.3 is 0 Å². The molecule has 6 heteroatoms. The molecule has 0 fully saturated rings. The molecule has 176 valence electrons. The molecule has 1 rings (SSSR count). The third kappa shape index (κ3) is 17.1. The first-order valence-electron chi connectivity index (χ1n) is 11.5. The van der Waals surface area contributed by atoms with Crippen molar-refractivity contribution >= 4 is 21.7 Å². The molecule has 0 atom stereocenters. The van der Waals surface area contributed by atoms with Crippen molar-refractivity contribution in [1.29, 1.82) is 0 Å². The summed E-state index contributed by atoms with van der Waals surface area (Å²) in [7, 11) is 0.451. The molecule has 0 amide bonds. The highest BCUT2D eigenvalue weighted by Crippen LogP contribution is 2.12. The molecule has 0 bridgehead atoms. The molecule has 0 spiro atoms. The van der Waals surface area contributed by atoms with Crippen molar-refractivity contribution in [1.82, 2.24) is 0 Å². The van der Waals surface area contributed by atoms with Gasteiger partial charge in [0.25, 0.3) is 0 Å². The molecule has 0 saturated carbocycles. The second kappa shape index (κ2) is 17.0. The van der Waals surface area contributed by atoms with Gasteiger partial charge in [-0.3, -0.25) is 0 Å². The predicted octanol–water partition coefficient (Wildman–Crippen LogP) is 6.51. The predicted molar refractivity (Wildman–Crippen MR) is 128 cm³/mol. The Labute approximate surface area is 191 Å². The number of rotatable bonds is 15. The maximum absolute atomic E-state index is 10.4. The third-order valence-corrected chi connectivity index (χ3v) is 6.44. The minimum Gasteiger partial charge on any atom is -0.744 e. The van der Waals surface area contributed by atoms with Crippen LogP contribution < -0.4 is 0 Å². The minimum absolute atomic E-state index is 0.178. The van der Waals surface area contributed by atoms with Crippen LogP contribution in [-0.4, -0.2) is 50.5 Å². The van der Waals surface area contributed by atoms with Crippen LogP contribution in [0.3, 0.4) is 0 Å². The summed E-state index contributed by atoms with van der Waals surface area (Å²) in [5.41, 5.74) is 0.928. The van der Waals surface area contributed by atoms with E-state index in [4.69, 9.17) is 11.6 Å². The maximum atomic E-state index is 10.4. The summed E-state index contributed by atoms with van der Waals surface area (Å²) in [6.45, 7) is 6.72. The average Bonchev–Trinajstić information content (AvgIpc) is 2.67. The van der Waals surface area contributed by atoms with Gasteiger partial charge in [-0.05, 0) is 44.7 Å². The zero-order valence-electron chi connectivity index (χ0n) is 19.7. The topological polar surface area (TPSA) is 57.2 Å². The van der Waals surface area contributed by atoms with E-state index in [0.29, 0.717) is 0 Å². The smallest absolute Gasteiger partial charge is 0.124 e. The molecular formula is C24H44ClNO3S. The van der Waals surface area contributed by atoms with E-state index in [1.54, 1.807) is 12.1 Å². The quantitative estimate of drug-likeness (QED) is 0.129. The van der Waals surface area contributed by atoms with Gasteiger partial charge < -0.3 is 9.04 Å². The van der Waals surface area contributed by atoms with E-state index in [9.17, 15) is 13.0 Å². The molecular weight excluding hydrogens is 418 g/mol. The highest BCUT2D eigenvalue weighted by molar-refractivity contribution is 7.85.